The lowest BCUT2D eigenvalue weighted by atomic mass is 9.81. The second-order valence-electron chi connectivity index (χ2n) is 6.54. The summed E-state index contributed by atoms with van der Waals surface area (Å²) in [7, 11) is 4.07. The van der Waals surface area contributed by atoms with Crippen molar-refractivity contribution in [1.82, 2.24) is 15.5 Å². The second-order valence-corrected chi connectivity index (χ2v) is 6.54. The Morgan fingerprint density at radius 2 is 2.10 bits per heavy atom. The van der Waals surface area contributed by atoms with E-state index in [4.69, 9.17) is 0 Å². The maximum Gasteiger partial charge on any atom is 0.227 e. The topological polar surface area (TPSA) is 44.4 Å². The summed E-state index contributed by atoms with van der Waals surface area (Å²) < 4.78 is 0. The van der Waals surface area contributed by atoms with E-state index in [1.807, 2.05) is 32.3 Å². The van der Waals surface area contributed by atoms with E-state index in [-0.39, 0.29) is 17.4 Å². The molecule has 4 nitrogen and oxygen atoms in total. The van der Waals surface area contributed by atoms with Gasteiger partial charge in [0, 0.05) is 13.1 Å². The Labute approximate surface area is 127 Å². The zero-order valence-corrected chi connectivity index (χ0v) is 13.4. The Morgan fingerprint density at radius 3 is 2.67 bits per heavy atom. The highest BCUT2D eigenvalue weighted by atomic mass is 16.2. The van der Waals surface area contributed by atoms with E-state index >= 15 is 0 Å². The molecule has 1 aliphatic rings. The van der Waals surface area contributed by atoms with Crippen molar-refractivity contribution >= 4 is 5.91 Å². The number of hydrogen-bond acceptors (Lipinski definition) is 3. The molecule has 116 valence electrons. The van der Waals surface area contributed by atoms with Crippen LogP contribution in [0.3, 0.4) is 0 Å². The first kappa shape index (κ1) is 16.0. The average Bonchev–Trinajstić information content (AvgIpc) is 2.47. The number of rotatable bonds is 5. The predicted octanol–water partition coefficient (Wildman–Crippen LogP) is 1.80. The smallest absolute Gasteiger partial charge is 0.227 e. The maximum absolute atomic E-state index is 12.7. The molecule has 1 saturated heterocycles. The third-order valence-corrected chi connectivity index (χ3v) is 4.20. The van der Waals surface area contributed by atoms with E-state index < -0.39 is 0 Å². The number of nitrogens with one attached hydrogen (secondary N) is 2. The van der Waals surface area contributed by atoms with Crippen LogP contribution in [0.1, 0.15) is 31.4 Å². The molecular formula is C17H27N3O. The molecule has 2 N–H and O–H groups in total. The molecule has 1 fully saturated rings. The zero-order valence-electron chi connectivity index (χ0n) is 13.4. The van der Waals surface area contributed by atoms with Gasteiger partial charge >= 0.3 is 0 Å². The van der Waals surface area contributed by atoms with Gasteiger partial charge in [-0.2, -0.15) is 0 Å². The monoisotopic (exact) mass is 289 g/mol. The number of hydrogen-bond donors (Lipinski definition) is 2. The molecule has 21 heavy (non-hydrogen) atoms. The molecule has 0 bridgehead atoms. The quantitative estimate of drug-likeness (QED) is 0.869. The number of amides is 1. The zero-order chi connectivity index (χ0) is 15.3. The molecule has 0 aliphatic carbocycles. The Kier molecular flexibility index (Phi) is 5.37. The third kappa shape index (κ3) is 4.29. The molecule has 2 rings (SSSR count). The first-order chi connectivity index (χ1) is 10.0. The minimum Gasteiger partial charge on any atom is -0.347 e. The summed E-state index contributed by atoms with van der Waals surface area (Å²) in [5.41, 5.74) is 0.865. The minimum atomic E-state index is -0.294. The number of piperidine rings is 1. The Balaban J connectivity index is 2.09. The second kappa shape index (κ2) is 7.05. The van der Waals surface area contributed by atoms with Gasteiger partial charge in [-0.05, 0) is 46.0 Å². The van der Waals surface area contributed by atoms with Crippen molar-refractivity contribution in [2.75, 3.05) is 33.7 Å². The fraction of sp³-hybridized carbons (Fsp3) is 0.588. The van der Waals surface area contributed by atoms with Crippen molar-refractivity contribution in [2.45, 2.75) is 25.8 Å². The highest BCUT2D eigenvalue weighted by molar-refractivity contribution is 5.83. The van der Waals surface area contributed by atoms with Crippen molar-refractivity contribution in [3.63, 3.8) is 0 Å². The van der Waals surface area contributed by atoms with Crippen LogP contribution in [-0.4, -0.2) is 44.5 Å². The number of carbonyl (C=O) groups excluding carboxylic acids is 1. The summed E-state index contributed by atoms with van der Waals surface area (Å²) in [4.78, 5) is 14.8. The number of carbonyl (C=O) groups is 1. The first-order valence-electron chi connectivity index (χ1n) is 7.73. The van der Waals surface area contributed by atoms with Crippen LogP contribution < -0.4 is 10.6 Å². The van der Waals surface area contributed by atoms with Gasteiger partial charge in [0.2, 0.25) is 5.91 Å². The van der Waals surface area contributed by atoms with Crippen molar-refractivity contribution < 1.29 is 4.79 Å². The molecular weight excluding hydrogens is 262 g/mol. The van der Waals surface area contributed by atoms with Crippen LogP contribution in [0.15, 0.2) is 30.3 Å². The lowest BCUT2D eigenvalue weighted by Gasteiger charge is -2.35. The minimum absolute atomic E-state index is 0.0347. The molecule has 0 spiro atoms. The molecule has 1 aromatic carbocycles. The summed E-state index contributed by atoms with van der Waals surface area (Å²) >= 11 is 0. The van der Waals surface area contributed by atoms with Gasteiger partial charge in [-0.15, -0.1) is 0 Å². The lowest BCUT2D eigenvalue weighted by Crippen LogP contribution is -2.50. The van der Waals surface area contributed by atoms with E-state index in [1.165, 1.54) is 0 Å². The van der Waals surface area contributed by atoms with E-state index in [2.05, 4.69) is 34.6 Å². The van der Waals surface area contributed by atoms with Crippen molar-refractivity contribution in [2.24, 2.45) is 5.41 Å². The molecule has 1 heterocycles. The highest BCUT2D eigenvalue weighted by Crippen LogP contribution is 2.27. The molecule has 1 amide bonds. The van der Waals surface area contributed by atoms with Crippen LogP contribution >= 0.6 is 0 Å². The number of nitrogens with zero attached hydrogens (tertiary/aromatic N) is 1. The summed E-state index contributed by atoms with van der Waals surface area (Å²) in [6.45, 7) is 4.65. The van der Waals surface area contributed by atoms with Crippen molar-refractivity contribution in [1.29, 1.82) is 0 Å². The largest absolute Gasteiger partial charge is 0.347 e. The van der Waals surface area contributed by atoms with Crippen LogP contribution in [0.2, 0.25) is 0 Å². The summed E-state index contributed by atoms with van der Waals surface area (Å²) in [6.07, 6.45) is 2.02. The van der Waals surface area contributed by atoms with E-state index in [0.717, 1.165) is 38.0 Å². The molecule has 1 aliphatic heterocycles. The normalized spacial score (nSPS) is 23.8. The Morgan fingerprint density at radius 1 is 1.38 bits per heavy atom. The molecule has 0 radical (unpaired) electrons. The van der Waals surface area contributed by atoms with Gasteiger partial charge in [-0.3, -0.25) is 4.79 Å². The highest BCUT2D eigenvalue weighted by Gasteiger charge is 2.35. The standard InChI is InChI=1S/C17H27N3O/c1-17(10-7-11-18-13-17)16(21)19-15(12-20(2)3)14-8-5-4-6-9-14/h4-6,8-9,15,18H,7,10-13H2,1-3H3,(H,19,21). The third-order valence-electron chi connectivity index (χ3n) is 4.20. The Bertz CT molecular complexity index is 452. The van der Waals surface area contributed by atoms with E-state index in [0.29, 0.717) is 0 Å². The Hall–Kier alpha value is -1.39. The molecule has 0 aromatic heterocycles. The van der Waals surface area contributed by atoms with Crippen molar-refractivity contribution in [3.05, 3.63) is 35.9 Å². The maximum atomic E-state index is 12.7. The van der Waals surface area contributed by atoms with Gasteiger partial charge < -0.3 is 15.5 Å². The van der Waals surface area contributed by atoms with Gasteiger partial charge in [-0.25, -0.2) is 0 Å². The first-order valence-corrected chi connectivity index (χ1v) is 7.73. The van der Waals surface area contributed by atoms with Crippen LogP contribution in [-0.2, 0) is 4.79 Å². The van der Waals surface area contributed by atoms with Gasteiger partial charge in [0.05, 0.1) is 11.5 Å². The van der Waals surface area contributed by atoms with Gasteiger partial charge in [0.1, 0.15) is 0 Å². The predicted molar refractivity (Wildman–Crippen MR) is 86.1 cm³/mol. The van der Waals surface area contributed by atoms with E-state index in [1.54, 1.807) is 0 Å². The number of likely N-dealkylation sites (N-methyl/N-ethyl adjacent to an activating group) is 1. The lowest BCUT2D eigenvalue weighted by molar-refractivity contribution is -0.132. The van der Waals surface area contributed by atoms with Gasteiger partial charge in [0.15, 0.2) is 0 Å². The van der Waals surface area contributed by atoms with Crippen LogP contribution in [0, 0.1) is 5.41 Å². The fourth-order valence-corrected chi connectivity index (χ4v) is 2.87. The summed E-state index contributed by atoms with van der Waals surface area (Å²) in [6, 6.07) is 10.2. The molecule has 2 atom stereocenters. The fourth-order valence-electron chi connectivity index (χ4n) is 2.87. The molecule has 4 heteroatoms. The SMILES string of the molecule is CN(C)CC(NC(=O)C1(C)CCCNC1)c1ccccc1. The molecule has 1 aromatic rings. The average molecular weight is 289 g/mol. The van der Waals surface area contributed by atoms with Gasteiger partial charge in [-0.1, -0.05) is 30.3 Å². The molecule has 0 saturated carbocycles. The van der Waals surface area contributed by atoms with Crippen LogP contribution in [0.5, 0.6) is 0 Å². The summed E-state index contributed by atoms with van der Waals surface area (Å²) in [5.74, 6) is 0.158. The summed E-state index contributed by atoms with van der Waals surface area (Å²) in [5, 5.41) is 6.59. The van der Waals surface area contributed by atoms with Gasteiger partial charge in [0.25, 0.3) is 0 Å². The van der Waals surface area contributed by atoms with Crippen molar-refractivity contribution in [3.8, 4) is 0 Å². The van der Waals surface area contributed by atoms with Crippen LogP contribution in [0.25, 0.3) is 0 Å². The van der Waals surface area contributed by atoms with E-state index in [9.17, 15) is 4.79 Å². The number of benzene rings is 1. The molecule has 2 unspecified atom stereocenters. The van der Waals surface area contributed by atoms with Crippen LogP contribution in [0.4, 0.5) is 0 Å².